The van der Waals surface area contributed by atoms with E-state index in [9.17, 15) is 14.9 Å². The summed E-state index contributed by atoms with van der Waals surface area (Å²) in [5, 5.41) is 16.2. The summed E-state index contributed by atoms with van der Waals surface area (Å²) in [6, 6.07) is 11.0. The molecule has 4 rings (SSSR count). The van der Waals surface area contributed by atoms with Crippen LogP contribution in [0.5, 0.6) is 5.75 Å². The maximum Gasteiger partial charge on any atom is 0.311 e. The molecule has 1 aliphatic heterocycles. The van der Waals surface area contributed by atoms with Gasteiger partial charge in [0.1, 0.15) is 0 Å². The average molecular weight is 412 g/mol. The van der Waals surface area contributed by atoms with Crippen molar-refractivity contribution in [3.05, 3.63) is 46.5 Å². The van der Waals surface area contributed by atoms with Gasteiger partial charge in [-0.3, -0.25) is 19.8 Å². The fraction of sp³-hybridized carbons (Fsp3) is 0.522. The van der Waals surface area contributed by atoms with E-state index in [4.69, 9.17) is 4.74 Å². The fourth-order valence-electron chi connectivity index (χ4n) is 4.82. The molecule has 0 radical (unpaired) electrons. The number of nitro benzene ring substituents is 1. The Morgan fingerprint density at radius 2 is 1.87 bits per heavy atom. The van der Waals surface area contributed by atoms with Crippen molar-refractivity contribution >= 4 is 22.4 Å². The summed E-state index contributed by atoms with van der Waals surface area (Å²) in [4.78, 5) is 26.6. The smallest absolute Gasteiger partial charge is 0.311 e. The Bertz CT molecular complexity index is 926. The molecule has 1 saturated carbocycles. The van der Waals surface area contributed by atoms with E-state index in [2.05, 4.69) is 10.2 Å². The van der Waals surface area contributed by atoms with E-state index >= 15 is 0 Å². The van der Waals surface area contributed by atoms with E-state index in [0.29, 0.717) is 11.4 Å². The number of hydrogen-bond acceptors (Lipinski definition) is 5. The second-order valence-corrected chi connectivity index (χ2v) is 8.36. The van der Waals surface area contributed by atoms with Crippen molar-refractivity contribution in [3.63, 3.8) is 0 Å². The number of likely N-dealkylation sites (tertiary alicyclic amines) is 1. The van der Waals surface area contributed by atoms with Crippen LogP contribution in [0.3, 0.4) is 0 Å². The molecule has 0 bridgehead atoms. The highest BCUT2D eigenvalue weighted by atomic mass is 16.6. The van der Waals surface area contributed by atoms with Gasteiger partial charge in [-0.1, -0.05) is 37.1 Å². The molecule has 0 aromatic heterocycles. The van der Waals surface area contributed by atoms with E-state index in [0.717, 1.165) is 37.7 Å². The minimum absolute atomic E-state index is 0.109. The molecule has 3 unspecified atom stereocenters. The fourth-order valence-corrected chi connectivity index (χ4v) is 4.82. The van der Waals surface area contributed by atoms with Crippen LogP contribution in [0, 0.1) is 10.1 Å². The van der Waals surface area contributed by atoms with Crippen molar-refractivity contribution in [2.75, 3.05) is 13.1 Å². The van der Waals surface area contributed by atoms with Gasteiger partial charge in [0.2, 0.25) is 5.75 Å². The molecular formula is C23H29N3O4. The molecule has 1 amide bonds. The number of nitro groups is 1. The molecule has 3 atom stereocenters. The lowest BCUT2D eigenvalue weighted by Gasteiger charge is -2.38. The van der Waals surface area contributed by atoms with Gasteiger partial charge in [0.05, 0.1) is 4.92 Å². The van der Waals surface area contributed by atoms with Crippen LogP contribution in [-0.2, 0) is 4.79 Å². The maximum absolute atomic E-state index is 13.0. The van der Waals surface area contributed by atoms with Crippen molar-refractivity contribution in [3.8, 4) is 5.75 Å². The predicted octanol–water partition coefficient (Wildman–Crippen LogP) is 4.04. The van der Waals surface area contributed by atoms with Gasteiger partial charge in [-0.2, -0.15) is 0 Å². The monoisotopic (exact) mass is 411 g/mol. The highest BCUT2D eigenvalue weighted by molar-refractivity contribution is 5.92. The lowest BCUT2D eigenvalue weighted by atomic mass is 9.89. The third-order valence-corrected chi connectivity index (χ3v) is 6.39. The van der Waals surface area contributed by atoms with Gasteiger partial charge in [0.15, 0.2) is 6.10 Å². The molecule has 7 heteroatoms. The third kappa shape index (κ3) is 4.26. The Hall–Kier alpha value is -2.67. The first-order chi connectivity index (χ1) is 14.5. The number of ether oxygens (including phenoxy) is 1. The largest absolute Gasteiger partial charge is 0.473 e. The van der Waals surface area contributed by atoms with Gasteiger partial charge in [-0.15, -0.1) is 0 Å². The molecule has 160 valence electrons. The number of benzene rings is 2. The zero-order chi connectivity index (χ0) is 21.1. The molecule has 7 nitrogen and oxygen atoms in total. The van der Waals surface area contributed by atoms with Gasteiger partial charge in [-0.25, -0.2) is 0 Å². The second kappa shape index (κ2) is 9.00. The molecule has 2 fully saturated rings. The molecule has 2 aromatic rings. The molecule has 1 heterocycles. The SMILES string of the molecule is CC(Oc1c([N+](=O)[O-])ccc2ccccc12)C(=O)NC1CCCCC1N1CCCC1. The predicted molar refractivity (Wildman–Crippen MR) is 116 cm³/mol. The van der Waals surface area contributed by atoms with Crippen molar-refractivity contribution in [1.29, 1.82) is 0 Å². The highest BCUT2D eigenvalue weighted by Gasteiger charge is 2.34. The van der Waals surface area contributed by atoms with E-state index in [1.54, 1.807) is 19.1 Å². The van der Waals surface area contributed by atoms with Gasteiger partial charge in [0.25, 0.3) is 5.91 Å². The summed E-state index contributed by atoms with van der Waals surface area (Å²) in [5.41, 5.74) is -0.124. The number of nitrogens with zero attached hydrogens (tertiary/aromatic N) is 2. The summed E-state index contributed by atoms with van der Waals surface area (Å²) in [6.45, 7) is 3.87. The molecule has 0 spiro atoms. The van der Waals surface area contributed by atoms with Gasteiger partial charge in [0, 0.05) is 23.5 Å². The number of fused-ring (bicyclic) bond motifs is 1. The van der Waals surface area contributed by atoms with Crippen LogP contribution in [0.15, 0.2) is 36.4 Å². The normalized spacial score (nSPS) is 23.2. The summed E-state index contributed by atoms with van der Waals surface area (Å²) >= 11 is 0. The van der Waals surface area contributed by atoms with Crippen LogP contribution in [-0.4, -0.2) is 47.0 Å². The number of rotatable bonds is 6. The van der Waals surface area contributed by atoms with Crippen LogP contribution in [0.2, 0.25) is 0 Å². The maximum atomic E-state index is 13.0. The lowest BCUT2D eigenvalue weighted by molar-refractivity contribution is -0.385. The molecule has 2 aliphatic rings. The molecular weight excluding hydrogens is 382 g/mol. The molecule has 1 N–H and O–H groups in total. The van der Waals surface area contributed by atoms with Crippen LogP contribution in [0.1, 0.15) is 45.4 Å². The van der Waals surface area contributed by atoms with Gasteiger partial charge >= 0.3 is 5.69 Å². The third-order valence-electron chi connectivity index (χ3n) is 6.39. The van der Waals surface area contributed by atoms with Crippen LogP contribution in [0.4, 0.5) is 5.69 Å². The van der Waals surface area contributed by atoms with Gasteiger partial charge < -0.3 is 10.1 Å². The van der Waals surface area contributed by atoms with Crippen molar-refractivity contribution in [2.24, 2.45) is 0 Å². The van der Waals surface area contributed by atoms with E-state index in [-0.39, 0.29) is 23.4 Å². The molecule has 30 heavy (non-hydrogen) atoms. The van der Waals surface area contributed by atoms with Crippen molar-refractivity contribution in [1.82, 2.24) is 10.2 Å². The molecule has 2 aromatic carbocycles. The average Bonchev–Trinajstić information content (AvgIpc) is 3.28. The van der Waals surface area contributed by atoms with Gasteiger partial charge in [-0.05, 0) is 57.1 Å². The highest BCUT2D eigenvalue weighted by Crippen LogP contribution is 2.36. The molecule has 1 aliphatic carbocycles. The summed E-state index contributed by atoms with van der Waals surface area (Å²) < 4.78 is 5.92. The van der Waals surface area contributed by atoms with Crippen LogP contribution >= 0.6 is 0 Å². The van der Waals surface area contributed by atoms with E-state index in [1.807, 2.05) is 18.2 Å². The van der Waals surface area contributed by atoms with Crippen LogP contribution in [0.25, 0.3) is 10.8 Å². The Kier molecular flexibility index (Phi) is 6.18. The van der Waals surface area contributed by atoms with Crippen molar-refractivity contribution < 1.29 is 14.5 Å². The first kappa shape index (κ1) is 20.6. The first-order valence-electron chi connectivity index (χ1n) is 10.9. The zero-order valence-electron chi connectivity index (χ0n) is 17.4. The van der Waals surface area contributed by atoms with Crippen molar-refractivity contribution in [2.45, 2.75) is 63.6 Å². The quantitative estimate of drug-likeness (QED) is 0.573. The second-order valence-electron chi connectivity index (χ2n) is 8.36. The Balaban J connectivity index is 1.51. The van der Waals surface area contributed by atoms with E-state index < -0.39 is 11.0 Å². The zero-order valence-corrected chi connectivity index (χ0v) is 17.4. The Morgan fingerprint density at radius 1 is 1.13 bits per heavy atom. The Labute approximate surface area is 176 Å². The summed E-state index contributed by atoms with van der Waals surface area (Å²) in [6.07, 6.45) is 6.00. The number of carbonyl (C=O) groups is 1. The molecule has 1 saturated heterocycles. The summed E-state index contributed by atoms with van der Waals surface area (Å²) in [5.74, 6) is -0.0613. The number of amides is 1. The number of hydrogen-bond donors (Lipinski definition) is 1. The van der Waals surface area contributed by atoms with E-state index in [1.165, 1.54) is 25.3 Å². The summed E-state index contributed by atoms with van der Waals surface area (Å²) in [7, 11) is 0. The first-order valence-corrected chi connectivity index (χ1v) is 10.9. The number of carbonyl (C=O) groups excluding carboxylic acids is 1. The lowest BCUT2D eigenvalue weighted by Crippen LogP contribution is -2.54. The minimum atomic E-state index is -0.823. The van der Waals surface area contributed by atoms with Crippen LogP contribution < -0.4 is 10.1 Å². The topological polar surface area (TPSA) is 84.7 Å². The minimum Gasteiger partial charge on any atom is -0.473 e. The standard InChI is InChI=1S/C23H29N3O4/c1-16(23(27)24-19-10-4-5-11-20(19)25-14-6-7-15-25)30-22-18-9-3-2-8-17(18)12-13-21(22)26(28)29/h2-3,8-9,12-13,16,19-20H,4-7,10-11,14-15H2,1H3,(H,24,27). The number of nitrogens with one attached hydrogen (secondary N) is 1. The Morgan fingerprint density at radius 3 is 2.63 bits per heavy atom.